The van der Waals surface area contributed by atoms with Crippen molar-refractivity contribution >= 4 is 17.8 Å². The third kappa shape index (κ3) is 7.28. The predicted octanol–water partition coefficient (Wildman–Crippen LogP) is 3.71. The van der Waals surface area contributed by atoms with Gasteiger partial charge in [-0.25, -0.2) is 8.78 Å². The van der Waals surface area contributed by atoms with Crippen LogP contribution in [0.5, 0.6) is 0 Å². The molecule has 182 valence electrons. The minimum atomic E-state index is -0.791. The van der Waals surface area contributed by atoms with E-state index in [-0.39, 0.29) is 24.4 Å². The fraction of sp³-hybridized carbons (Fsp3) is 0.222. The molecule has 0 unspecified atom stereocenters. The molecule has 0 saturated carbocycles. The van der Waals surface area contributed by atoms with Crippen LogP contribution in [-0.4, -0.2) is 30.9 Å². The van der Waals surface area contributed by atoms with Crippen molar-refractivity contribution in [1.82, 2.24) is 10.6 Å². The number of nitrogens with one attached hydrogen (secondary N) is 2. The first-order valence-corrected chi connectivity index (χ1v) is 11.0. The molecule has 0 aliphatic carbocycles. The van der Waals surface area contributed by atoms with Gasteiger partial charge >= 0.3 is 5.97 Å². The van der Waals surface area contributed by atoms with E-state index in [0.717, 1.165) is 34.4 Å². The number of halogens is 2. The van der Waals surface area contributed by atoms with Gasteiger partial charge in [-0.05, 0) is 46.9 Å². The quantitative estimate of drug-likeness (QED) is 0.456. The average molecular weight is 481 g/mol. The lowest BCUT2D eigenvalue weighted by Gasteiger charge is -2.17. The lowest BCUT2D eigenvalue weighted by atomic mass is 9.94. The molecule has 3 aromatic rings. The van der Waals surface area contributed by atoms with E-state index < -0.39 is 29.5 Å². The van der Waals surface area contributed by atoms with Gasteiger partial charge in [0.05, 0.1) is 26.0 Å². The zero-order chi connectivity index (χ0) is 25.4. The maximum atomic E-state index is 13.3. The van der Waals surface area contributed by atoms with Crippen LogP contribution in [0.2, 0.25) is 0 Å². The predicted molar refractivity (Wildman–Crippen MR) is 127 cm³/mol. The molecule has 2 amide bonds. The van der Waals surface area contributed by atoms with Gasteiger partial charge in [-0.1, -0.05) is 48.5 Å². The number of rotatable bonds is 9. The molecule has 0 aromatic heterocycles. The molecule has 3 rings (SSSR count). The minimum Gasteiger partial charge on any atom is -0.469 e. The third-order valence-electron chi connectivity index (χ3n) is 5.43. The van der Waals surface area contributed by atoms with Crippen molar-refractivity contribution in [1.29, 1.82) is 0 Å². The zero-order valence-electron chi connectivity index (χ0n) is 19.4. The molecule has 0 saturated heterocycles. The number of hydrogen-bond donors (Lipinski definition) is 2. The SMILES string of the molecule is COC(=O)Cc1ccccc1-c1ccccc1CN[C@@H](C)C(=O)NC(=O)Cc1cc(F)cc(F)c1. The van der Waals surface area contributed by atoms with Crippen LogP contribution in [0.3, 0.4) is 0 Å². The van der Waals surface area contributed by atoms with E-state index in [1.165, 1.54) is 7.11 Å². The van der Waals surface area contributed by atoms with Crippen molar-refractivity contribution in [2.24, 2.45) is 0 Å². The number of carbonyl (C=O) groups is 3. The number of ether oxygens (including phenoxy) is 1. The Balaban J connectivity index is 1.65. The Hall–Kier alpha value is -3.91. The molecule has 3 aromatic carbocycles. The van der Waals surface area contributed by atoms with E-state index in [9.17, 15) is 23.2 Å². The Kier molecular flexibility index (Phi) is 8.80. The Morgan fingerprint density at radius 2 is 1.43 bits per heavy atom. The van der Waals surface area contributed by atoms with Crippen molar-refractivity contribution in [3.05, 3.63) is 95.1 Å². The van der Waals surface area contributed by atoms with Crippen LogP contribution in [0.1, 0.15) is 23.6 Å². The Morgan fingerprint density at radius 3 is 2.06 bits per heavy atom. The maximum absolute atomic E-state index is 13.3. The van der Waals surface area contributed by atoms with Gasteiger partial charge in [-0.15, -0.1) is 0 Å². The van der Waals surface area contributed by atoms with Gasteiger partial charge in [0.1, 0.15) is 11.6 Å². The summed E-state index contributed by atoms with van der Waals surface area (Å²) >= 11 is 0. The van der Waals surface area contributed by atoms with Gasteiger partial charge in [0.2, 0.25) is 11.8 Å². The summed E-state index contributed by atoms with van der Waals surface area (Å²) in [6, 6.07) is 17.2. The number of amides is 2. The van der Waals surface area contributed by atoms with E-state index >= 15 is 0 Å². The normalized spacial score (nSPS) is 11.5. The van der Waals surface area contributed by atoms with E-state index in [2.05, 4.69) is 10.6 Å². The van der Waals surface area contributed by atoms with E-state index in [0.29, 0.717) is 12.6 Å². The summed E-state index contributed by atoms with van der Waals surface area (Å²) < 4.78 is 31.4. The first-order valence-electron chi connectivity index (χ1n) is 11.0. The number of benzene rings is 3. The molecular formula is C27H26F2N2O4. The molecule has 0 aliphatic heterocycles. The molecule has 0 fully saturated rings. The van der Waals surface area contributed by atoms with Crippen molar-refractivity contribution in [2.45, 2.75) is 32.4 Å². The number of hydrogen-bond acceptors (Lipinski definition) is 5. The second kappa shape index (κ2) is 12.0. The summed E-state index contributed by atoms with van der Waals surface area (Å²) in [5.41, 5.74) is 3.62. The fourth-order valence-electron chi connectivity index (χ4n) is 3.65. The summed E-state index contributed by atoms with van der Waals surface area (Å²) in [5, 5.41) is 5.34. The molecule has 35 heavy (non-hydrogen) atoms. The Bertz CT molecular complexity index is 1210. The smallest absolute Gasteiger partial charge is 0.309 e. The molecule has 0 bridgehead atoms. The number of imide groups is 1. The van der Waals surface area contributed by atoms with Crippen LogP contribution < -0.4 is 10.6 Å². The van der Waals surface area contributed by atoms with Crippen LogP contribution in [0.25, 0.3) is 11.1 Å². The second-order valence-electron chi connectivity index (χ2n) is 8.04. The molecule has 6 nitrogen and oxygen atoms in total. The molecule has 0 spiro atoms. The third-order valence-corrected chi connectivity index (χ3v) is 5.43. The van der Waals surface area contributed by atoms with Crippen molar-refractivity contribution < 1.29 is 27.9 Å². The van der Waals surface area contributed by atoms with Crippen molar-refractivity contribution in [3.63, 3.8) is 0 Å². The fourth-order valence-corrected chi connectivity index (χ4v) is 3.65. The van der Waals surface area contributed by atoms with Crippen molar-refractivity contribution in [2.75, 3.05) is 7.11 Å². The second-order valence-corrected chi connectivity index (χ2v) is 8.04. The molecule has 8 heteroatoms. The lowest BCUT2D eigenvalue weighted by molar-refractivity contribution is -0.139. The average Bonchev–Trinajstić information content (AvgIpc) is 2.82. The van der Waals surface area contributed by atoms with Gasteiger partial charge in [0.25, 0.3) is 0 Å². The highest BCUT2D eigenvalue weighted by Gasteiger charge is 2.18. The number of esters is 1. The highest BCUT2D eigenvalue weighted by atomic mass is 19.1. The Labute approximate surface area is 202 Å². The minimum absolute atomic E-state index is 0.130. The molecule has 0 radical (unpaired) electrons. The maximum Gasteiger partial charge on any atom is 0.309 e. The number of carbonyl (C=O) groups excluding carboxylic acids is 3. The monoisotopic (exact) mass is 480 g/mol. The van der Waals surface area contributed by atoms with Crippen LogP contribution >= 0.6 is 0 Å². The van der Waals surface area contributed by atoms with Gasteiger partial charge < -0.3 is 10.1 Å². The molecular weight excluding hydrogens is 454 g/mol. The standard InChI is InChI=1S/C27H26F2N2O4/c1-17(27(34)31-25(32)13-18-11-21(28)15-22(29)12-18)30-16-20-8-4-6-10-24(20)23-9-5-3-7-19(23)14-26(33)35-2/h3-12,15,17,30H,13-14,16H2,1-2H3,(H,31,32,34)/t17-/m0/s1. The highest BCUT2D eigenvalue weighted by molar-refractivity contribution is 5.98. The zero-order valence-corrected chi connectivity index (χ0v) is 19.4. The van der Waals surface area contributed by atoms with Gasteiger partial charge in [0, 0.05) is 12.6 Å². The van der Waals surface area contributed by atoms with Gasteiger partial charge in [-0.2, -0.15) is 0 Å². The first-order chi connectivity index (χ1) is 16.8. The summed E-state index contributed by atoms with van der Waals surface area (Å²) in [6.45, 7) is 1.93. The molecule has 0 aliphatic rings. The first kappa shape index (κ1) is 25.7. The largest absolute Gasteiger partial charge is 0.469 e. The number of methoxy groups -OCH3 is 1. The molecule has 2 N–H and O–H groups in total. The van der Waals surface area contributed by atoms with Crippen molar-refractivity contribution in [3.8, 4) is 11.1 Å². The van der Waals surface area contributed by atoms with Crippen LogP contribution in [0.4, 0.5) is 8.78 Å². The van der Waals surface area contributed by atoms with Gasteiger partial charge in [-0.3, -0.25) is 19.7 Å². The summed E-state index contributed by atoms with van der Waals surface area (Å²) in [5.74, 6) is -3.15. The Morgan fingerprint density at radius 1 is 0.857 bits per heavy atom. The summed E-state index contributed by atoms with van der Waals surface area (Å²) in [7, 11) is 1.34. The summed E-state index contributed by atoms with van der Waals surface area (Å²) in [4.78, 5) is 36.5. The lowest BCUT2D eigenvalue weighted by Crippen LogP contribution is -2.44. The molecule has 1 atom stereocenters. The van der Waals surface area contributed by atoms with Crippen LogP contribution in [-0.2, 0) is 38.5 Å². The highest BCUT2D eigenvalue weighted by Crippen LogP contribution is 2.28. The van der Waals surface area contributed by atoms with E-state index in [4.69, 9.17) is 4.74 Å². The topological polar surface area (TPSA) is 84.5 Å². The van der Waals surface area contributed by atoms with E-state index in [1.807, 2.05) is 48.5 Å². The molecule has 0 heterocycles. The van der Waals surface area contributed by atoms with E-state index in [1.54, 1.807) is 6.92 Å². The summed E-state index contributed by atoms with van der Waals surface area (Å²) in [6.07, 6.45) is -0.197. The van der Waals surface area contributed by atoms with Gasteiger partial charge in [0.15, 0.2) is 0 Å². The van der Waals surface area contributed by atoms with Crippen LogP contribution in [0.15, 0.2) is 66.7 Å². The van der Waals surface area contributed by atoms with Crippen LogP contribution in [0, 0.1) is 11.6 Å².